The highest BCUT2D eigenvalue weighted by atomic mass is 79.9. The number of aliphatic hydroxyl groups is 1. The predicted octanol–water partition coefficient (Wildman–Crippen LogP) is 3.43. The SMILES string of the molecule is CC(=O)[C@H](C)CP(=O)(OC[C@H]1O[C@@H](n2ccc3c(N)nc(N)nc32)C(F)(Br)[C@H]1O)Oc1ccccc1. The van der Waals surface area contributed by atoms with E-state index in [2.05, 4.69) is 25.9 Å². The molecule has 2 unspecified atom stereocenters. The lowest BCUT2D eigenvalue weighted by Crippen LogP contribution is -2.38. The van der Waals surface area contributed by atoms with Crippen LogP contribution >= 0.6 is 23.5 Å². The number of carbonyl (C=O) groups excluding carboxylic acids is 1. The fraction of sp³-hybridized carbons (Fsp3) is 0.409. The van der Waals surface area contributed by atoms with Crippen LogP contribution in [0.3, 0.4) is 0 Å². The third kappa shape index (κ3) is 5.25. The Morgan fingerprint density at radius 2 is 2.03 bits per heavy atom. The van der Waals surface area contributed by atoms with Crippen molar-refractivity contribution in [2.45, 2.75) is 36.9 Å². The number of nitrogens with zero attached hydrogens (tertiary/aromatic N) is 3. The Kier molecular flexibility index (Phi) is 7.40. The molecule has 1 aliphatic rings. The summed E-state index contributed by atoms with van der Waals surface area (Å²) in [5.74, 6) is -0.560. The first-order valence-electron chi connectivity index (χ1n) is 11.0. The smallest absolute Gasteiger partial charge is 0.379 e. The normalized spacial score (nSPS) is 26.5. The van der Waals surface area contributed by atoms with Gasteiger partial charge in [-0.15, -0.1) is 0 Å². The molecule has 6 atom stereocenters. The number of aliphatic hydroxyl groups excluding tert-OH is 1. The minimum atomic E-state index is -3.91. The van der Waals surface area contributed by atoms with E-state index in [4.69, 9.17) is 25.3 Å². The van der Waals surface area contributed by atoms with Crippen molar-refractivity contribution in [3.05, 3.63) is 42.6 Å². The molecular formula is C22H26BrFN5O6P. The minimum Gasteiger partial charge on any atom is -0.424 e. The number of nitrogens with two attached hydrogens (primary N) is 2. The summed E-state index contributed by atoms with van der Waals surface area (Å²) in [5, 5.41) is 11.1. The molecule has 11 nitrogen and oxygen atoms in total. The fourth-order valence-corrected chi connectivity index (χ4v) is 6.38. The van der Waals surface area contributed by atoms with Gasteiger partial charge in [-0.3, -0.25) is 9.32 Å². The number of Topliss-reactive ketones (excluding diaryl/α,β-unsaturated/α-hetero) is 1. The molecule has 3 heterocycles. The standard InChI is InChI=1S/C22H26BrFN5O6P/c1-12(13(2)30)11-36(32,35-14-6-4-3-5-7-14)33-10-16-17(31)22(23,24)20(34-16)29-9-8-15-18(25)27-21(26)28-19(15)29/h3-9,12,16-17,20,31H,10-11H2,1-2H3,(H4,25,26,27,28)/t12-,16-,17+,20-,22?,36?/m1/s1. The van der Waals surface area contributed by atoms with Gasteiger partial charge in [0.15, 0.2) is 6.23 Å². The lowest BCUT2D eigenvalue weighted by Gasteiger charge is -2.24. The van der Waals surface area contributed by atoms with E-state index in [9.17, 15) is 14.5 Å². The summed E-state index contributed by atoms with van der Waals surface area (Å²) in [4.78, 5) is 19.8. The summed E-state index contributed by atoms with van der Waals surface area (Å²) in [6, 6.07) is 9.88. The largest absolute Gasteiger partial charge is 0.424 e. The van der Waals surface area contributed by atoms with Crippen molar-refractivity contribution in [2.24, 2.45) is 5.92 Å². The van der Waals surface area contributed by atoms with Gasteiger partial charge in [0, 0.05) is 12.1 Å². The van der Waals surface area contributed by atoms with Gasteiger partial charge in [-0.05, 0) is 41.1 Å². The fourth-order valence-electron chi connectivity index (χ4n) is 3.78. The highest BCUT2D eigenvalue weighted by Crippen LogP contribution is 2.52. The summed E-state index contributed by atoms with van der Waals surface area (Å²) in [5.41, 5.74) is 11.8. The molecule has 1 aromatic carbocycles. The van der Waals surface area contributed by atoms with E-state index in [1.54, 1.807) is 43.3 Å². The maximum Gasteiger partial charge on any atom is 0.379 e. The number of benzene rings is 1. The molecule has 5 N–H and O–H groups in total. The third-order valence-electron chi connectivity index (χ3n) is 5.87. The van der Waals surface area contributed by atoms with E-state index in [-0.39, 0.29) is 35.1 Å². The Morgan fingerprint density at radius 3 is 2.69 bits per heavy atom. The molecule has 1 saturated heterocycles. The quantitative estimate of drug-likeness (QED) is 0.250. The van der Waals surface area contributed by atoms with Crippen LogP contribution in [0.4, 0.5) is 16.2 Å². The molecule has 2 aromatic heterocycles. The van der Waals surface area contributed by atoms with Crippen LogP contribution in [0.1, 0.15) is 20.1 Å². The van der Waals surface area contributed by atoms with Crippen molar-refractivity contribution in [1.82, 2.24) is 14.5 Å². The van der Waals surface area contributed by atoms with Gasteiger partial charge in [0.25, 0.3) is 0 Å². The van der Waals surface area contributed by atoms with Crippen molar-refractivity contribution in [1.29, 1.82) is 0 Å². The predicted molar refractivity (Wildman–Crippen MR) is 134 cm³/mol. The topological polar surface area (TPSA) is 165 Å². The summed E-state index contributed by atoms with van der Waals surface area (Å²) in [6.45, 7) is 2.49. The highest BCUT2D eigenvalue weighted by molar-refractivity contribution is 9.10. The monoisotopic (exact) mass is 585 g/mol. The molecule has 0 radical (unpaired) electrons. The van der Waals surface area contributed by atoms with Gasteiger partial charge in [-0.1, -0.05) is 25.1 Å². The van der Waals surface area contributed by atoms with Crippen LogP contribution in [-0.2, 0) is 18.6 Å². The van der Waals surface area contributed by atoms with Crippen LogP contribution in [0, 0.1) is 5.92 Å². The second-order valence-electron chi connectivity index (χ2n) is 8.58. The number of hydrogen-bond donors (Lipinski definition) is 3. The summed E-state index contributed by atoms with van der Waals surface area (Å²) < 4.78 is 45.2. The summed E-state index contributed by atoms with van der Waals surface area (Å²) >= 11 is 2.92. The maximum atomic E-state index is 15.7. The number of nitrogen functional groups attached to an aromatic ring is 2. The molecule has 194 valence electrons. The van der Waals surface area contributed by atoms with Gasteiger partial charge in [-0.25, -0.2) is 8.96 Å². The van der Waals surface area contributed by atoms with Gasteiger partial charge in [0.1, 0.15) is 35.2 Å². The van der Waals surface area contributed by atoms with Crippen molar-refractivity contribution in [2.75, 3.05) is 24.2 Å². The van der Waals surface area contributed by atoms with Crippen LogP contribution in [0.2, 0.25) is 0 Å². The van der Waals surface area contributed by atoms with Gasteiger partial charge < -0.3 is 30.4 Å². The van der Waals surface area contributed by atoms with Crippen LogP contribution < -0.4 is 16.0 Å². The van der Waals surface area contributed by atoms with Gasteiger partial charge >= 0.3 is 7.60 Å². The van der Waals surface area contributed by atoms with Gasteiger partial charge in [0.05, 0.1) is 18.2 Å². The summed E-state index contributed by atoms with van der Waals surface area (Å²) in [7, 11) is -3.91. The minimum absolute atomic E-state index is 0.104. The zero-order valence-electron chi connectivity index (χ0n) is 19.5. The van der Waals surface area contributed by atoms with Crippen molar-refractivity contribution < 1.29 is 32.6 Å². The molecule has 4 rings (SSSR count). The van der Waals surface area contributed by atoms with Crippen LogP contribution in [0.15, 0.2) is 42.6 Å². The number of ketones is 1. The van der Waals surface area contributed by atoms with Crippen molar-refractivity contribution >= 4 is 52.1 Å². The Labute approximate surface area is 214 Å². The molecule has 14 heteroatoms. The highest BCUT2D eigenvalue weighted by Gasteiger charge is 2.57. The van der Waals surface area contributed by atoms with E-state index >= 15 is 4.39 Å². The number of anilines is 2. The van der Waals surface area contributed by atoms with Crippen LogP contribution in [0.25, 0.3) is 11.0 Å². The van der Waals surface area contributed by atoms with Gasteiger partial charge in [0.2, 0.25) is 10.5 Å². The number of ether oxygens (including phenoxy) is 1. The number of carbonyl (C=O) groups is 1. The molecule has 0 saturated carbocycles. The number of para-hydroxylation sites is 1. The van der Waals surface area contributed by atoms with Crippen LogP contribution in [0.5, 0.6) is 5.75 Å². The molecule has 36 heavy (non-hydrogen) atoms. The first kappa shape index (κ1) is 26.5. The molecule has 0 aliphatic carbocycles. The third-order valence-corrected chi connectivity index (χ3v) is 8.75. The molecule has 1 fully saturated rings. The number of halogens is 2. The first-order valence-corrected chi connectivity index (χ1v) is 13.5. The number of alkyl halides is 2. The second-order valence-corrected chi connectivity index (χ2v) is 11.8. The molecular weight excluding hydrogens is 560 g/mol. The molecule has 3 aromatic rings. The number of aromatic nitrogens is 3. The van der Waals surface area contributed by atoms with Gasteiger partial charge in [-0.2, -0.15) is 9.97 Å². The molecule has 0 amide bonds. The van der Waals surface area contributed by atoms with E-state index in [0.717, 1.165) is 0 Å². The number of hydrogen-bond acceptors (Lipinski definition) is 10. The molecule has 0 spiro atoms. The van der Waals surface area contributed by atoms with Crippen LogP contribution in [-0.4, -0.2) is 55.0 Å². The number of rotatable bonds is 9. The molecule has 0 bridgehead atoms. The van der Waals surface area contributed by atoms with Crippen molar-refractivity contribution in [3.63, 3.8) is 0 Å². The van der Waals surface area contributed by atoms with E-state index in [1.807, 2.05) is 0 Å². The number of fused-ring (bicyclic) bond motifs is 1. The lowest BCUT2D eigenvalue weighted by atomic mass is 10.1. The zero-order chi connectivity index (χ0) is 26.3. The Hall–Kier alpha value is -2.57. The lowest BCUT2D eigenvalue weighted by molar-refractivity contribution is -0.119. The van der Waals surface area contributed by atoms with Crippen molar-refractivity contribution in [3.8, 4) is 5.75 Å². The average molecular weight is 586 g/mol. The maximum absolute atomic E-state index is 15.7. The van der Waals surface area contributed by atoms with E-state index in [0.29, 0.717) is 5.39 Å². The van der Waals surface area contributed by atoms with E-state index < -0.39 is 43.1 Å². The Balaban J connectivity index is 1.57. The Morgan fingerprint density at radius 1 is 1.33 bits per heavy atom. The summed E-state index contributed by atoms with van der Waals surface area (Å²) in [6.07, 6.45) is -3.13. The van der Waals surface area contributed by atoms with E-state index in [1.165, 1.54) is 17.7 Å². The second kappa shape index (κ2) is 10.1. The first-order chi connectivity index (χ1) is 16.9. The Bertz CT molecular complexity index is 1310. The average Bonchev–Trinajstić information content (AvgIpc) is 3.31. The molecule has 1 aliphatic heterocycles. The zero-order valence-corrected chi connectivity index (χ0v) is 21.9.